The smallest absolute Gasteiger partial charge is 0.198 e. The number of hydrogen-bond donors (Lipinski definition) is 0. The van der Waals surface area contributed by atoms with Crippen LogP contribution in [0.5, 0.6) is 0 Å². The maximum atomic E-state index is 10.4. The van der Waals surface area contributed by atoms with Crippen LogP contribution >= 0.6 is 0 Å². The molecule has 1 radical (unpaired) electrons. The number of rotatable bonds is 3. The summed E-state index contributed by atoms with van der Waals surface area (Å²) in [5, 5.41) is 0. The first-order valence-corrected chi connectivity index (χ1v) is 2.72. The molecule has 0 saturated carbocycles. The Kier molecular flexibility index (Phi) is 8.86. The molecule has 0 aromatic carbocycles. The molecule has 0 heterocycles. The van der Waals surface area contributed by atoms with E-state index in [2.05, 4.69) is 0 Å². The standard InChI is InChI=1S/C6H10O2.Y/c1-3-4-6(8)5(2)7;/h3-4H2,1-2H3;. The van der Waals surface area contributed by atoms with Gasteiger partial charge in [-0.2, -0.15) is 0 Å². The second-order valence-electron chi connectivity index (χ2n) is 1.73. The van der Waals surface area contributed by atoms with Crippen molar-refractivity contribution in [3.8, 4) is 0 Å². The Morgan fingerprint density at radius 1 is 1.33 bits per heavy atom. The molecule has 0 aliphatic rings. The monoisotopic (exact) mass is 203 g/mol. The van der Waals surface area contributed by atoms with Gasteiger partial charge in [-0.3, -0.25) is 9.59 Å². The third-order valence-electron chi connectivity index (χ3n) is 0.870. The Hall–Kier alpha value is 0.444. The average Bonchev–Trinajstić information content (AvgIpc) is 1.67. The topological polar surface area (TPSA) is 34.1 Å². The Morgan fingerprint density at radius 2 is 1.78 bits per heavy atom. The minimum absolute atomic E-state index is 0. The van der Waals surface area contributed by atoms with Crippen LogP contribution in [0.1, 0.15) is 26.7 Å². The van der Waals surface area contributed by atoms with Crippen LogP contribution in [0.2, 0.25) is 0 Å². The van der Waals surface area contributed by atoms with Gasteiger partial charge in [-0.15, -0.1) is 0 Å². The molecule has 0 fully saturated rings. The van der Waals surface area contributed by atoms with E-state index in [0.29, 0.717) is 6.42 Å². The van der Waals surface area contributed by atoms with Gasteiger partial charge < -0.3 is 0 Å². The van der Waals surface area contributed by atoms with E-state index in [-0.39, 0.29) is 44.3 Å². The largest absolute Gasteiger partial charge is 0.291 e. The van der Waals surface area contributed by atoms with E-state index < -0.39 is 0 Å². The number of carbonyl (C=O) groups excluding carboxylic acids is 2. The Morgan fingerprint density at radius 3 is 1.89 bits per heavy atom. The first-order valence-electron chi connectivity index (χ1n) is 2.72. The molecule has 0 N–H and O–H groups in total. The first kappa shape index (κ1) is 12.2. The van der Waals surface area contributed by atoms with Crippen LogP contribution in [0.3, 0.4) is 0 Å². The van der Waals surface area contributed by atoms with E-state index >= 15 is 0 Å². The molecule has 0 atom stereocenters. The van der Waals surface area contributed by atoms with Gasteiger partial charge >= 0.3 is 0 Å². The molecular weight excluding hydrogens is 193 g/mol. The fourth-order valence-electron chi connectivity index (χ4n) is 0.403. The van der Waals surface area contributed by atoms with Crippen molar-refractivity contribution in [1.82, 2.24) is 0 Å². The molecule has 2 nitrogen and oxygen atoms in total. The summed E-state index contributed by atoms with van der Waals surface area (Å²) in [6.45, 7) is 3.18. The third kappa shape index (κ3) is 6.33. The van der Waals surface area contributed by atoms with E-state index in [9.17, 15) is 9.59 Å². The number of Topliss-reactive ketones (excluding diaryl/α,β-unsaturated/α-hetero) is 2. The van der Waals surface area contributed by atoms with Gasteiger partial charge in [-0.25, -0.2) is 0 Å². The molecule has 0 saturated heterocycles. The normalized spacial score (nSPS) is 7.78. The SMILES string of the molecule is CCCC(=O)C(C)=O.[Y]. The molecule has 9 heavy (non-hydrogen) atoms. The Labute approximate surface area is 80.3 Å². The van der Waals surface area contributed by atoms with E-state index in [1.54, 1.807) is 0 Å². The van der Waals surface area contributed by atoms with E-state index in [0.717, 1.165) is 6.42 Å². The van der Waals surface area contributed by atoms with Crippen LogP contribution in [0.15, 0.2) is 0 Å². The summed E-state index contributed by atoms with van der Waals surface area (Å²) in [5.74, 6) is -0.584. The summed E-state index contributed by atoms with van der Waals surface area (Å²) in [4.78, 5) is 20.6. The van der Waals surface area contributed by atoms with Gasteiger partial charge in [0, 0.05) is 46.1 Å². The molecule has 0 aromatic rings. The van der Waals surface area contributed by atoms with Crippen LogP contribution in [-0.2, 0) is 42.3 Å². The van der Waals surface area contributed by atoms with Crippen LogP contribution in [0.25, 0.3) is 0 Å². The van der Waals surface area contributed by atoms with Crippen LogP contribution in [-0.4, -0.2) is 11.6 Å². The molecule has 3 heteroatoms. The quantitative estimate of drug-likeness (QED) is 0.639. The molecule has 0 amide bonds. The molecule has 0 aliphatic carbocycles. The van der Waals surface area contributed by atoms with Crippen molar-refractivity contribution >= 4 is 11.6 Å². The van der Waals surface area contributed by atoms with Crippen molar-refractivity contribution in [2.45, 2.75) is 26.7 Å². The number of hydrogen-bond acceptors (Lipinski definition) is 2. The van der Waals surface area contributed by atoms with E-state index in [1.165, 1.54) is 6.92 Å². The summed E-state index contributed by atoms with van der Waals surface area (Å²) in [6.07, 6.45) is 1.16. The van der Waals surface area contributed by atoms with Crippen molar-refractivity contribution in [2.75, 3.05) is 0 Å². The Bertz CT molecular complexity index is 110. The van der Waals surface area contributed by atoms with Gasteiger partial charge in [0.1, 0.15) is 0 Å². The van der Waals surface area contributed by atoms with Gasteiger partial charge in [0.05, 0.1) is 0 Å². The van der Waals surface area contributed by atoms with Crippen molar-refractivity contribution in [3.05, 3.63) is 0 Å². The summed E-state index contributed by atoms with van der Waals surface area (Å²) in [6, 6.07) is 0. The van der Waals surface area contributed by atoms with Crippen LogP contribution in [0, 0.1) is 0 Å². The zero-order valence-corrected chi connectivity index (χ0v) is 8.65. The Balaban J connectivity index is 0. The molecule has 0 aromatic heterocycles. The zero-order chi connectivity index (χ0) is 6.57. The molecule has 49 valence electrons. The molecule has 0 rings (SSSR count). The fraction of sp³-hybridized carbons (Fsp3) is 0.667. The predicted octanol–water partition coefficient (Wildman–Crippen LogP) is 0.942. The number of carbonyl (C=O) groups is 2. The van der Waals surface area contributed by atoms with Gasteiger partial charge in [-0.05, 0) is 6.42 Å². The van der Waals surface area contributed by atoms with Gasteiger partial charge in [0.25, 0.3) is 0 Å². The fourth-order valence-corrected chi connectivity index (χ4v) is 0.403. The maximum Gasteiger partial charge on any atom is 0.198 e. The van der Waals surface area contributed by atoms with Crippen LogP contribution in [0.4, 0.5) is 0 Å². The summed E-state index contributed by atoms with van der Waals surface area (Å²) in [7, 11) is 0. The maximum absolute atomic E-state index is 10.4. The minimum atomic E-state index is -0.327. The minimum Gasteiger partial charge on any atom is -0.291 e. The molecule has 0 spiro atoms. The molecule has 0 bridgehead atoms. The van der Waals surface area contributed by atoms with Crippen molar-refractivity contribution in [1.29, 1.82) is 0 Å². The van der Waals surface area contributed by atoms with Crippen molar-refractivity contribution < 1.29 is 42.3 Å². The van der Waals surface area contributed by atoms with Gasteiger partial charge in [0.15, 0.2) is 11.6 Å². The number of ketones is 2. The predicted molar refractivity (Wildman–Crippen MR) is 30.6 cm³/mol. The molecule has 0 aliphatic heterocycles. The third-order valence-corrected chi connectivity index (χ3v) is 0.870. The van der Waals surface area contributed by atoms with Gasteiger partial charge in [0.2, 0.25) is 0 Å². The van der Waals surface area contributed by atoms with Crippen molar-refractivity contribution in [2.24, 2.45) is 0 Å². The van der Waals surface area contributed by atoms with Gasteiger partial charge in [-0.1, -0.05) is 6.92 Å². The molecule has 0 unspecified atom stereocenters. The summed E-state index contributed by atoms with van der Waals surface area (Å²) in [5.41, 5.74) is 0. The van der Waals surface area contributed by atoms with E-state index in [1.807, 2.05) is 6.92 Å². The van der Waals surface area contributed by atoms with Crippen LogP contribution < -0.4 is 0 Å². The zero-order valence-electron chi connectivity index (χ0n) is 5.81. The average molecular weight is 203 g/mol. The first-order chi connectivity index (χ1) is 3.68. The molecular formula is C6H10O2Y. The summed E-state index contributed by atoms with van der Waals surface area (Å²) < 4.78 is 0. The van der Waals surface area contributed by atoms with E-state index in [4.69, 9.17) is 0 Å². The summed E-state index contributed by atoms with van der Waals surface area (Å²) >= 11 is 0. The van der Waals surface area contributed by atoms with Crippen molar-refractivity contribution in [3.63, 3.8) is 0 Å². The second kappa shape index (κ2) is 6.56. The second-order valence-corrected chi connectivity index (χ2v) is 1.73.